The van der Waals surface area contributed by atoms with Crippen LogP contribution in [0.2, 0.25) is 5.02 Å². The fraction of sp³-hybridized carbons (Fsp3) is 0.160. The van der Waals surface area contributed by atoms with Crippen LogP contribution in [0, 0.1) is 13.8 Å². The topological polar surface area (TPSA) is 89.0 Å². The number of amides is 2. The van der Waals surface area contributed by atoms with E-state index in [1.165, 1.54) is 13.3 Å². The third kappa shape index (κ3) is 6.57. The highest BCUT2D eigenvalue weighted by molar-refractivity contribution is 6.39. The van der Waals surface area contributed by atoms with Crippen molar-refractivity contribution in [2.75, 3.05) is 12.4 Å². The Labute approximate surface area is 197 Å². The first-order valence-corrected chi connectivity index (χ1v) is 10.5. The van der Waals surface area contributed by atoms with Crippen molar-refractivity contribution in [2.45, 2.75) is 20.5 Å². The van der Waals surface area contributed by atoms with Gasteiger partial charge in [0.2, 0.25) is 0 Å². The average molecular weight is 466 g/mol. The van der Waals surface area contributed by atoms with Crippen LogP contribution in [-0.2, 0) is 16.2 Å². The molecule has 3 aromatic rings. The summed E-state index contributed by atoms with van der Waals surface area (Å²) in [7, 11) is 1.50. The summed E-state index contributed by atoms with van der Waals surface area (Å²) >= 11 is 6.37. The number of halogens is 1. The standard InChI is InChI=1S/C25H24ClN3O4/c1-16-9-10-20(11-17(16)2)28-24(30)25(31)29-27-14-19-12-21(26)23(22(13-19)32-3)33-15-18-7-5-4-6-8-18/h4-14H,15H2,1-3H3,(H,28,30)(H,29,31)/b27-14-. The predicted molar refractivity (Wildman–Crippen MR) is 129 cm³/mol. The SMILES string of the molecule is COc1cc(/C=N\NC(=O)C(=O)Nc2ccc(C)c(C)c2)cc(Cl)c1OCc1ccccc1. The molecule has 0 spiro atoms. The Morgan fingerprint density at radius 3 is 2.45 bits per heavy atom. The Bertz CT molecular complexity index is 1180. The molecular weight excluding hydrogens is 442 g/mol. The van der Waals surface area contributed by atoms with Crippen LogP contribution in [0.25, 0.3) is 0 Å². The number of benzene rings is 3. The Morgan fingerprint density at radius 1 is 1.00 bits per heavy atom. The van der Waals surface area contributed by atoms with E-state index >= 15 is 0 Å². The quantitative estimate of drug-likeness (QED) is 0.302. The highest BCUT2D eigenvalue weighted by atomic mass is 35.5. The van der Waals surface area contributed by atoms with Gasteiger partial charge in [0.15, 0.2) is 11.5 Å². The number of carbonyl (C=O) groups excluding carboxylic acids is 2. The zero-order valence-electron chi connectivity index (χ0n) is 18.5. The largest absolute Gasteiger partial charge is 0.493 e. The van der Waals surface area contributed by atoms with Crippen LogP contribution in [0.15, 0.2) is 65.8 Å². The van der Waals surface area contributed by atoms with Crippen molar-refractivity contribution in [1.29, 1.82) is 0 Å². The number of hydrazone groups is 1. The normalized spacial score (nSPS) is 10.7. The smallest absolute Gasteiger partial charge is 0.329 e. The molecule has 170 valence electrons. The number of aryl methyl sites for hydroxylation is 2. The van der Waals surface area contributed by atoms with Gasteiger partial charge in [-0.15, -0.1) is 0 Å². The van der Waals surface area contributed by atoms with Crippen LogP contribution >= 0.6 is 11.6 Å². The maximum atomic E-state index is 12.1. The van der Waals surface area contributed by atoms with Gasteiger partial charge in [0.25, 0.3) is 0 Å². The average Bonchev–Trinajstić information content (AvgIpc) is 2.81. The molecule has 0 bridgehead atoms. The lowest BCUT2D eigenvalue weighted by molar-refractivity contribution is -0.136. The van der Waals surface area contributed by atoms with Gasteiger partial charge in [0, 0.05) is 5.69 Å². The minimum atomic E-state index is -0.898. The molecule has 0 aromatic heterocycles. The molecule has 0 fully saturated rings. The van der Waals surface area contributed by atoms with Gasteiger partial charge in [-0.05, 0) is 60.4 Å². The van der Waals surface area contributed by atoms with Crippen LogP contribution in [0.3, 0.4) is 0 Å². The summed E-state index contributed by atoms with van der Waals surface area (Å²) in [4.78, 5) is 24.1. The van der Waals surface area contributed by atoms with Gasteiger partial charge < -0.3 is 14.8 Å². The number of hydrogen-bond donors (Lipinski definition) is 2. The summed E-state index contributed by atoms with van der Waals surface area (Å²) in [6.07, 6.45) is 1.36. The van der Waals surface area contributed by atoms with Crippen LogP contribution in [0.1, 0.15) is 22.3 Å². The van der Waals surface area contributed by atoms with E-state index < -0.39 is 11.8 Å². The van der Waals surface area contributed by atoms with Gasteiger partial charge in [0.05, 0.1) is 18.3 Å². The van der Waals surface area contributed by atoms with E-state index in [9.17, 15) is 9.59 Å². The Morgan fingerprint density at radius 2 is 1.76 bits per heavy atom. The lowest BCUT2D eigenvalue weighted by atomic mass is 10.1. The Balaban J connectivity index is 1.61. The van der Waals surface area contributed by atoms with E-state index in [0.717, 1.165) is 16.7 Å². The third-order valence-corrected chi connectivity index (χ3v) is 5.11. The van der Waals surface area contributed by atoms with E-state index in [-0.39, 0.29) is 0 Å². The van der Waals surface area contributed by atoms with Crippen LogP contribution in [-0.4, -0.2) is 25.1 Å². The van der Waals surface area contributed by atoms with Gasteiger partial charge in [-0.2, -0.15) is 5.10 Å². The van der Waals surface area contributed by atoms with Gasteiger partial charge in [-0.25, -0.2) is 5.43 Å². The second-order valence-corrected chi connectivity index (χ2v) is 7.67. The van der Waals surface area contributed by atoms with Crippen molar-refractivity contribution in [3.05, 3.63) is 87.9 Å². The number of nitrogens with zero attached hydrogens (tertiary/aromatic N) is 1. The maximum absolute atomic E-state index is 12.1. The monoisotopic (exact) mass is 465 g/mol. The zero-order valence-corrected chi connectivity index (χ0v) is 19.3. The molecule has 7 nitrogen and oxygen atoms in total. The van der Waals surface area contributed by atoms with Gasteiger partial charge in [-0.3, -0.25) is 9.59 Å². The summed E-state index contributed by atoms with van der Waals surface area (Å²) in [6.45, 7) is 4.22. The molecule has 3 rings (SSSR count). The lowest BCUT2D eigenvalue weighted by Crippen LogP contribution is -2.32. The molecule has 0 aliphatic carbocycles. The molecule has 2 amide bonds. The summed E-state index contributed by atoms with van der Waals surface area (Å²) in [6, 6.07) is 18.3. The second-order valence-electron chi connectivity index (χ2n) is 7.26. The summed E-state index contributed by atoms with van der Waals surface area (Å²) in [5.41, 5.74) is 6.37. The molecule has 0 saturated carbocycles. The number of methoxy groups -OCH3 is 1. The first-order valence-electron chi connectivity index (χ1n) is 10.1. The van der Waals surface area contributed by atoms with E-state index in [4.69, 9.17) is 21.1 Å². The third-order valence-electron chi connectivity index (χ3n) is 4.83. The van der Waals surface area contributed by atoms with Crippen LogP contribution in [0.4, 0.5) is 5.69 Å². The molecule has 0 aliphatic heterocycles. The molecule has 0 radical (unpaired) electrons. The molecule has 2 N–H and O–H groups in total. The van der Waals surface area contributed by atoms with E-state index in [1.54, 1.807) is 24.3 Å². The van der Waals surface area contributed by atoms with Crippen molar-refractivity contribution >= 4 is 35.3 Å². The number of anilines is 1. The highest BCUT2D eigenvalue weighted by Gasteiger charge is 2.14. The fourth-order valence-electron chi connectivity index (χ4n) is 2.91. The van der Waals surface area contributed by atoms with Crippen molar-refractivity contribution in [1.82, 2.24) is 5.43 Å². The molecule has 0 aliphatic rings. The molecule has 0 heterocycles. The minimum Gasteiger partial charge on any atom is -0.493 e. The summed E-state index contributed by atoms with van der Waals surface area (Å²) in [5.74, 6) is -0.906. The van der Waals surface area contributed by atoms with Gasteiger partial charge in [-0.1, -0.05) is 48.0 Å². The van der Waals surface area contributed by atoms with Crippen LogP contribution < -0.4 is 20.2 Å². The number of hydrogen-bond acceptors (Lipinski definition) is 5. The first kappa shape index (κ1) is 23.8. The van der Waals surface area contributed by atoms with E-state index in [1.807, 2.05) is 50.2 Å². The summed E-state index contributed by atoms with van der Waals surface area (Å²) < 4.78 is 11.2. The molecule has 0 unspecified atom stereocenters. The zero-order chi connectivity index (χ0) is 23.8. The lowest BCUT2D eigenvalue weighted by Gasteiger charge is -2.13. The Kier molecular flexibility index (Phi) is 8.05. The molecule has 0 saturated heterocycles. The Hall–Kier alpha value is -3.84. The fourth-order valence-corrected chi connectivity index (χ4v) is 3.18. The molecular formula is C25H24ClN3O4. The number of carbonyl (C=O) groups is 2. The minimum absolute atomic E-state index is 0.325. The van der Waals surface area contributed by atoms with Crippen molar-refractivity contribution in [3.63, 3.8) is 0 Å². The van der Waals surface area contributed by atoms with E-state index in [0.29, 0.717) is 34.4 Å². The molecule has 3 aromatic carbocycles. The van der Waals surface area contributed by atoms with Crippen molar-refractivity contribution in [2.24, 2.45) is 5.10 Å². The van der Waals surface area contributed by atoms with E-state index in [2.05, 4.69) is 15.8 Å². The van der Waals surface area contributed by atoms with Crippen molar-refractivity contribution < 1.29 is 19.1 Å². The summed E-state index contributed by atoms with van der Waals surface area (Å²) in [5, 5.41) is 6.70. The second kappa shape index (κ2) is 11.2. The maximum Gasteiger partial charge on any atom is 0.329 e. The van der Waals surface area contributed by atoms with Gasteiger partial charge >= 0.3 is 11.8 Å². The first-order chi connectivity index (χ1) is 15.9. The number of rotatable bonds is 7. The van der Waals surface area contributed by atoms with Crippen LogP contribution in [0.5, 0.6) is 11.5 Å². The molecule has 8 heteroatoms. The van der Waals surface area contributed by atoms with Crippen molar-refractivity contribution in [3.8, 4) is 11.5 Å². The number of ether oxygens (including phenoxy) is 2. The number of nitrogens with one attached hydrogen (secondary N) is 2. The molecule has 33 heavy (non-hydrogen) atoms. The predicted octanol–water partition coefficient (Wildman–Crippen LogP) is 4.63. The van der Waals surface area contributed by atoms with Gasteiger partial charge in [0.1, 0.15) is 6.61 Å². The molecule has 0 atom stereocenters. The highest BCUT2D eigenvalue weighted by Crippen LogP contribution is 2.36.